The Morgan fingerprint density at radius 1 is 1.21 bits per heavy atom. The van der Waals surface area contributed by atoms with Gasteiger partial charge in [0.1, 0.15) is 0 Å². The van der Waals surface area contributed by atoms with E-state index in [9.17, 15) is 0 Å². The normalized spacial score (nSPS) is 31.7. The molecular formula is C16H30N2O. The Morgan fingerprint density at radius 3 is 2.68 bits per heavy atom. The predicted octanol–water partition coefficient (Wildman–Crippen LogP) is 2.41. The Labute approximate surface area is 118 Å². The fourth-order valence-electron chi connectivity index (χ4n) is 4.09. The Kier molecular flexibility index (Phi) is 4.45. The van der Waals surface area contributed by atoms with Crippen LogP contribution in [0.4, 0.5) is 0 Å². The van der Waals surface area contributed by atoms with Crippen molar-refractivity contribution in [3.05, 3.63) is 0 Å². The van der Waals surface area contributed by atoms with Crippen molar-refractivity contribution in [2.45, 2.75) is 63.5 Å². The lowest BCUT2D eigenvalue weighted by Gasteiger charge is -2.52. The zero-order valence-corrected chi connectivity index (χ0v) is 12.5. The number of nitrogens with one attached hydrogen (secondary N) is 1. The zero-order chi connectivity index (χ0) is 13.1. The van der Waals surface area contributed by atoms with E-state index in [-0.39, 0.29) is 0 Å². The van der Waals surface area contributed by atoms with Crippen LogP contribution in [-0.4, -0.2) is 49.3 Å². The fraction of sp³-hybridized carbons (Fsp3) is 1.00. The average Bonchev–Trinajstić information content (AvgIpc) is 3.27. The highest BCUT2D eigenvalue weighted by Gasteiger charge is 2.45. The van der Waals surface area contributed by atoms with Gasteiger partial charge in [-0.15, -0.1) is 0 Å². The molecule has 0 aromatic carbocycles. The highest BCUT2D eigenvalue weighted by molar-refractivity contribution is 5.03. The lowest BCUT2D eigenvalue weighted by molar-refractivity contribution is -0.0131. The van der Waals surface area contributed by atoms with E-state index in [0.717, 1.165) is 31.7 Å². The first-order chi connectivity index (χ1) is 9.34. The number of hydrogen-bond donors (Lipinski definition) is 1. The van der Waals surface area contributed by atoms with E-state index in [4.69, 9.17) is 4.74 Å². The fourth-order valence-corrected chi connectivity index (χ4v) is 4.09. The molecule has 3 nitrogen and oxygen atoms in total. The maximum Gasteiger partial charge on any atom is 0.0593 e. The van der Waals surface area contributed by atoms with Gasteiger partial charge in [-0.05, 0) is 38.5 Å². The summed E-state index contributed by atoms with van der Waals surface area (Å²) in [6, 6.07) is 0.758. The number of nitrogens with zero attached hydrogens (tertiary/aromatic N) is 1. The smallest absolute Gasteiger partial charge is 0.0593 e. The van der Waals surface area contributed by atoms with Crippen molar-refractivity contribution in [2.75, 3.05) is 32.8 Å². The zero-order valence-electron chi connectivity index (χ0n) is 12.5. The molecule has 2 aliphatic carbocycles. The standard InChI is InChI=1S/C16H30N2O/c1-2-19-11-10-18-12-15(14-6-7-14)17-13-16(18)8-4-3-5-9-16/h14-15,17H,2-13H2,1H3. The van der Waals surface area contributed by atoms with Gasteiger partial charge in [-0.25, -0.2) is 0 Å². The molecule has 1 unspecified atom stereocenters. The van der Waals surface area contributed by atoms with Crippen LogP contribution in [0.3, 0.4) is 0 Å². The molecule has 1 N–H and O–H groups in total. The maximum atomic E-state index is 5.62. The van der Waals surface area contributed by atoms with Crippen molar-refractivity contribution in [1.82, 2.24) is 10.2 Å². The minimum Gasteiger partial charge on any atom is -0.380 e. The van der Waals surface area contributed by atoms with Gasteiger partial charge in [-0.2, -0.15) is 0 Å². The summed E-state index contributed by atoms with van der Waals surface area (Å²) in [4.78, 5) is 2.79. The molecule has 2 saturated carbocycles. The van der Waals surface area contributed by atoms with Gasteiger partial charge in [0.15, 0.2) is 0 Å². The largest absolute Gasteiger partial charge is 0.380 e. The van der Waals surface area contributed by atoms with E-state index in [1.54, 1.807) is 0 Å². The maximum absolute atomic E-state index is 5.62. The van der Waals surface area contributed by atoms with Gasteiger partial charge in [-0.1, -0.05) is 19.3 Å². The third-order valence-electron chi connectivity index (χ3n) is 5.47. The van der Waals surface area contributed by atoms with E-state index in [2.05, 4.69) is 17.1 Å². The van der Waals surface area contributed by atoms with Gasteiger partial charge in [0.25, 0.3) is 0 Å². The third kappa shape index (κ3) is 3.14. The van der Waals surface area contributed by atoms with Gasteiger partial charge >= 0.3 is 0 Å². The van der Waals surface area contributed by atoms with Gasteiger partial charge in [-0.3, -0.25) is 4.90 Å². The number of ether oxygens (including phenoxy) is 1. The first-order valence-corrected chi connectivity index (χ1v) is 8.40. The Balaban J connectivity index is 1.62. The summed E-state index contributed by atoms with van der Waals surface area (Å²) < 4.78 is 5.62. The summed E-state index contributed by atoms with van der Waals surface area (Å²) in [6.45, 7) is 7.48. The van der Waals surface area contributed by atoms with Crippen molar-refractivity contribution in [3.63, 3.8) is 0 Å². The second kappa shape index (κ2) is 6.11. The molecule has 3 aliphatic rings. The minimum atomic E-state index is 0.459. The topological polar surface area (TPSA) is 24.5 Å². The van der Waals surface area contributed by atoms with E-state index in [1.165, 1.54) is 58.0 Å². The highest BCUT2D eigenvalue weighted by atomic mass is 16.5. The van der Waals surface area contributed by atoms with Crippen LogP contribution in [0, 0.1) is 5.92 Å². The summed E-state index contributed by atoms with van der Waals surface area (Å²) in [6.07, 6.45) is 9.95. The number of rotatable bonds is 5. The monoisotopic (exact) mass is 266 g/mol. The molecule has 19 heavy (non-hydrogen) atoms. The van der Waals surface area contributed by atoms with Gasteiger partial charge in [0, 0.05) is 37.8 Å². The second-order valence-corrected chi connectivity index (χ2v) is 6.75. The first kappa shape index (κ1) is 13.8. The molecule has 1 spiro atoms. The van der Waals surface area contributed by atoms with Crippen LogP contribution < -0.4 is 5.32 Å². The molecule has 3 fully saturated rings. The summed E-state index contributed by atoms with van der Waals surface area (Å²) in [7, 11) is 0. The lowest BCUT2D eigenvalue weighted by atomic mass is 9.78. The Bertz CT molecular complexity index is 284. The molecule has 1 saturated heterocycles. The summed E-state index contributed by atoms with van der Waals surface area (Å²) in [5.74, 6) is 0.968. The number of piperazine rings is 1. The molecule has 0 radical (unpaired) electrons. The molecule has 0 bridgehead atoms. The molecule has 3 heteroatoms. The molecule has 0 aromatic heterocycles. The molecule has 3 rings (SSSR count). The second-order valence-electron chi connectivity index (χ2n) is 6.75. The van der Waals surface area contributed by atoms with Crippen molar-refractivity contribution in [2.24, 2.45) is 5.92 Å². The molecule has 110 valence electrons. The van der Waals surface area contributed by atoms with Gasteiger partial charge in [0.05, 0.1) is 6.61 Å². The minimum absolute atomic E-state index is 0.459. The molecule has 1 atom stereocenters. The van der Waals surface area contributed by atoms with E-state index in [0.29, 0.717) is 5.54 Å². The van der Waals surface area contributed by atoms with Crippen LogP contribution in [0.15, 0.2) is 0 Å². The Hall–Kier alpha value is -0.120. The van der Waals surface area contributed by atoms with E-state index in [1.807, 2.05) is 0 Å². The van der Waals surface area contributed by atoms with Crippen molar-refractivity contribution in [3.8, 4) is 0 Å². The SMILES string of the molecule is CCOCCN1CC(C2CC2)NCC12CCCCC2. The van der Waals surface area contributed by atoms with Crippen LogP contribution in [0.25, 0.3) is 0 Å². The van der Waals surface area contributed by atoms with Gasteiger partial charge < -0.3 is 10.1 Å². The van der Waals surface area contributed by atoms with Crippen LogP contribution in [0.1, 0.15) is 51.9 Å². The molecule has 1 heterocycles. The van der Waals surface area contributed by atoms with Crippen LogP contribution in [0.5, 0.6) is 0 Å². The summed E-state index contributed by atoms with van der Waals surface area (Å²) in [5.41, 5.74) is 0.459. The Morgan fingerprint density at radius 2 is 2.00 bits per heavy atom. The van der Waals surface area contributed by atoms with Crippen LogP contribution in [0.2, 0.25) is 0 Å². The summed E-state index contributed by atoms with van der Waals surface area (Å²) in [5, 5.41) is 3.88. The van der Waals surface area contributed by atoms with Gasteiger partial charge in [0.2, 0.25) is 0 Å². The molecular weight excluding hydrogens is 236 g/mol. The summed E-state index contributed by atoms with van der Waals surface area (Å²) >= 11 is 0. The van der Waals surface area contributed by atoms with Crippen molar-refractivity contribution >= 4 is 0 Å². The predicted molar refractivity (Wildman–Crippen MR) is 78.4 cm³/mol. The quantitative estimate of drug-likeness (QED) is 0.773. The van der Waals surface area contributed by atoms with Crippen molar-refractivity contribution in [1.29, 1.82) is 0 Å². The van der Waals surface area contributed by atoms with Crippen molar-refractivity contribution < 1.29 is 4.74 Å². The first-order valence-electron chi connectivity index (χ1n) is 8.40. The molecule has 0 aromatic rings. The lowest BCUT2D eigenvalue weighted by Crippen LogP contribution is -2.66. The van der Waals surface area contributed by atoms with E-state index >= 15 is 0 Å². The third-order valence-corrected chi connectivity index (χ3v) is 5.47. The highest BCUT2D eigenvalue weighted by Crippen LogP contribution is 2.40. The molecule has 1 aliphatic heterocycles. The average molecular weight is 266 g/mol. The molecule has 0 amide bonds. The number of hydrogen-bond acceptors (Lipinski definition) is 3. The van der Waals surface area contributed by atoms with Crippen LogP contribution >= 0.6 is 0 Å². The van der Waals surface area contributed by atoms with E-state index < -0.39 is 0 Å². The van der Waals surface area contributed by atoms with Crippen LogP contribution in [-0.2, 0) is 4.74 Å².